The summed E-state index contributed by atoms with van der Waals surface area (Å²) in [7, 11) is 0. The normalized spacial score (nSPS) is 16.4. The van der Waals surface area contributed by atoms with Crippen LogP contribution in [0.5, 0.6) is 0 Å². The quantitative estimate of drug-likeness (QED) is 0.603. The van der Waals surface area contributed by atoms with Crippen LogP contribution in [0.2, 0.25) is 0 Å². The van der Waals surface area contributed by atoms with Gasteiger partial charge >= 0.3 is 0 Å². The molecule has 1 amide bonds. The molecule has 1 N–H and O–H groups in total. The molecular weight excluding hydrogens is 417 g/mol. The molecule has 1 atom stereocenters. The molecular formula is C24H27F3N4O. The van der Waals surface area contributed by atoms with Gasteiger partial charge in [0.1, 0.15) is 11.6 Å². The number of alkyl halides is 2. The van der Waals surface area contributed by atoms with Crippen LogP contribution in [0.4, 0.5) is 13.2 Å². The van der Waals surface area contributed by atoms with Crippen LogP contribution in [0.1, 0.15) is 47.9 Å². The molecule has 1 aromatic carbocycles. The van der Waals surface area contributed by atoms with Gasteiger partial charge in [0, 0.05) is 24.3 Å². The van der Waals surface area contributed by atoms with Crippen LogP contribution in [0, 0.1) is 12.7 Å². The van der Waals surface area contributed by atoms with Crippen LogP contribution in [0.15, 0.2) is 36.7 Å². The standard InChI is InChI=1S/C24H27F3N4O/c1-14(2)30(13-23(26)27)24(32)21-9-18(25)4-5-19(21)20-8-17(16-6-7-28-10-16)12-31-15(3)29-11-22(20)31/h4-5,8-9,11-12,14,16,23,28H,6-7,10,13H2,1-3H3. The minimum Gasteiger partial charge on any atom is -0.330 e. The summed E-state index contributed by atoms with van der Waals surface area (Å²) < 4.78 is 42.6. The second kappa shape index (κ2) is 8.94. The van der Waals surface area contributed by atoms with Crippen LogP contribution >= 0.6 is 0 Å². The molecule has 170 valence electrons. The second-order valence-corrected chi connectivity index (χ2v) is 8.57. The lowest BCUT2D eigenvalue weighted by Crippen LogP contribution is -2.40. The van der Waals surface area contributed by atoms with Crippen LogP contribution in [0.3, 0.4) is 0 Å². The number of pyridine rings is 1. The zero-order valence-electron chi connectivity index (χ0n) is 18.4. The molecule has 1 unspecified atom stereocenters. The molecule has 4 rings (SSSR count). The average Bonchev–Trinajstić information content (AvgIpc) is 3.41. The number of fused-ring (bicyclic) bond motifs is 1. The number of nitrogens with one attached hydrogen (secondary N) is 1. The van der Waals surface area contributed by atoms with Crippen molar-refractivity contribution in [3.63, 3.8) is 0 Å². The molecule has 0 spiro atoms. The predicted molar refractivity (Wildman–Crippen MR) is 118 cm³/mol. The molecule has 5 nitrogen and oxygen atoms in total. The largest absolute Gasteiger partial charge is 0.330 e. The summed E-state index contributed by atoms with van der Waals surface area (Å²) in [6.45, 7) is 6.31. The van der Waals surface area contributed by atoms with Gasteiger partial charge in [0.05, 0.1) is 23.8 Å². The summed E-state index contributed by atoms with van der Waals surface area (Å²) in [5.41, 5.74) is 3.19. The average molecular weight is 445 g/mol. The Bertz CT molecular complexity index is 1140. The number of imidazole rings is 1. The fraction of sp³-hybridized carbons (Fsp3) is 0.417. The number of carbonyl (C=O) groups is 1. The van der Waals surface area contributed by atoms with E-state index in [1.807, 2.05) is 17.4 Å². The van der Waals surface area contributed by atoms with Gasteiger partial charge in [-0.3, -0.25) is 4.79 Å². The van der Waals surface area contributed by atoms with Crippen LogP contribution < -0.4 is 5.32 Å². The van der Waals surface area contributed by atoms with Crippen molar-refractivity contribution < 1.29 is 18.0 Å². The SMILES string of the molecule is Cc1ncc2c(-c3ccc(F)cc3C(=O)N(CC(F)F)C(C)C)cc(C3CCNC3)cn12. The van der Waals surface area contributed by atoms with Crippen molar-refractivity contribution >= 4 is 11.4 Å². The number of aromatic nitrogens is 2. The number of amides is 1. The number of halogens is 3. The van der Waals surface area contributed by atoms with Crippen molar-refractivity contribution in [1.29, 1.82) is 0 Å². The maximum Gasteiger partial charge on any atom is 0.255 e. The summed E-state index contributed by atoms with van der Waals surface area (Å²) in [4.78, 5) is 18.9. The molecule has 1 aliphatic heterocycles. The first-order valence-corrected chi connectivity index (χ1v) is 10.8. The third kappa shape index (κ3) is 4.24. The molecule has 1 aliphatic rings. The van der Waals surface area contributed by atoms with Crippen molar-refractivity contribution in [1.82, 2.24) is 19.6 Å². The Morgan fingerprint density at radius 1 is 1.28 bits per heavy atom. The maximum atomic E-state index is 14.2. The summed E-state index contributed by atoms with van der Waals surface area (Å²) in [5, 5.41) is 3.36. The molecule has 2 aromatic heterocycles. The lowest BCUT2D eigenvalue weighted by atomic mass is 9.93. The summed E-state index contributed by atoms with van der Waals surface area (Å²) in [6.07, 6.45) is 2.09. The highest BCUT2D eigenvalue weighted by Gasteiger charge is 2.27. The van der Waals surface area contributed by atoms with E-state index in [2.05, 4.69) is 16.5 Å². The third-order valence-corrected chi connectivity index (χ3v) is 6.10. The number of aryl methyl sites for hydroxylation is 1. The summed E-state index contributed by atoms with van der Waals surface area (Å²) in [5.74, 6) is -0.0945. The van der Waals surface area contributed by atoms with Crippen LogP contribution in [0.25, 0.3) is 16.6 Å². The van der Waals surface area contributed by atoms with Crippen molar-refractivity contribution in [2.24, 2.45) is 0 Å². The molecule has 1 fully saturated rings. The zero-order valence-corrected chi connectivity index (χ0v) is 18.4. The molecule has 0 saturated carbocycles. The molecule has 3 aromatic rings. The summed E-state index contributed by atoms with van der Waals surface area (Å²) >= 11 is 0. The van der Waals surface area contributed by atoms with E-state index in [1.165, 1.54) is 6.07 Å². The van der Waals surface area contributed by atoms with Gasteiger partial charge in [-0.05, 0) is 69.0 Å². The van der Waals surface area contributed by atoms with Gasteiger partial charge in [0.25, 0.3) is 12.3 Å². The minimum absolute atomic E-state index is 0.0711. The van der Waals surface area contributed by atoms with Crippen molar-refractivity contribution in [3.8, 4) is 11.1 Å². The van der Waals surface area contributed by atoms with E-state index in [-0.39, 0.29) is 5.56 Å². The first-order valence-electron chi connectivity index (χ1n) is 10.8. The number of nitrogens with zero attached hydrogens (tertiary/aromatic N) is 3. The van der Waals surface area contributed by atoms with E-state index in [4.69, 9.17) is 0 Å². The Labute approximate surface area is 185 Å². The van der Waals surface area contributed by atoms with E-state index in [1.54, 1.807) is 26.1 Å². The maximum absolute atomic E-state index is 14.2. The molecule has 0 radical (unpaired) electrons. The van der Waals surface area contributed by atoms with E-state index in [0.29, 0.717) is 11.5 Å². The molecule has 3 heterocycles. The van der Waals surface area contributed by atoms with E-state index >= 15 is 0 Å². The monoisotopic (exact) mass is 444 g/mol. The Morgan fingerprint density at radius 2 is 2.06 bits per heavy atom. The number of carbonyl (C=O) groups excluding carboxylic acids is 1. The van der Waals surface area contributed by atoms with Gasteiger partial charge in [-0.1, -0.05) is 6.07 Å². The second-order valence-electron chi connectivity index (χ2n) is 8.57. The first-order chi connectivity index (χ1) is 15.3. The highest BCUT2D eigenvalue weighted by molar-refractivity contribution is 6.03. The Hall–Kier alpha value is -2.87. The Morgan fingerprint density at radius 3 is 2.72 bits per heavy atom. The third-order valence-electron chi connectivity index (χ3n) is 6.10. The fourth-order valence-corrected chi connectivity index (χ4v) is 4.38. The van der Waals surface area contributed by atoms with Crippen LogP contribution in [-0.4, -0.2) is 52.3 Å². The molecule has 0 bridgehead atoms. The van der Waals surface area contributed by atoms with E-state index < -0.39 is 30.7 Å². The van der Waals surface area contributed by atoms with Gasteiger partial charge in [0.15, 0.2) is 0 Å². The smallest absolute Gasteiger partial charge is 0.255 e. The van der Waals surface area contributed by atoms with Gasteiger partial charge in [-0.25, -0.2) is 18.2 Å². The number of hydrogen-bond donors (Lipinski definition) is 1. The van der Waals surface area contributed by atoms with E-state index in [0.717, 1.165) is 52.9 Å². The summed E-state index contributed by atoms with van der Waals surface area (Å²) in [6, 6.07) is 5.55. The highest BCUT2D eigenvalue weighted by atomic mass is 19.3. The van der Waals surface area contributed by atoms with Gasteiger partial charge < -0.3 is 14.6 Å². The van der Waals surface area contributed by atoms with Gasteiger partial charge in [-0.15, -0.1) is 0 Å². The minimum atomic E-state index is -2.68. The molecule has 0 aliphatic carbocycles. The van der Waals surface area contributed by atoms with Crippen molar-refractivity contribution in [3.05, 3.63) is 59.4 Å². The van der Waals surface area contributed by atoms with E-state index in [9.17, 15) is 18.0 Å². The fourth-order valence-electron chi connectivity index (χ4n) is 4.38. The van der Waals surface area contributed by atoms with Crippen LogP contribution in [-0.2, 0) is 0 Å². The predicted octanol–water partition coefficient (Wildman–Crippen LogP) is 4.64. The lowest BCUT2D eigenvalue weighted by Gasteiger charge is -2.27. The van der Waals surface area contributed by atoms with Crippen molar-refractivity contribution in [2.45, 2.75) is 45.6 Å². The Balaban J connectivity index is 1.90. The number of rotatable bonds is 6. The number of benzene rings is 1. The molecule has 1 saturated heterocycles. The van der Waals surface area contributed by atoms with Crippen molar-refractivity contribution in [2.75, 3.05) is 19.6 Å². The lowest BCUT2D eigenvalue weighted by molar-refractivity contribution is 0.0476. The Kier molecular flexibility index (Phi) is 6.24. The molecule has 8 heteroatoms. The van der Waals surface area contributed by atoms with Gasteiger partial charge in [-0.2, -0.15) is 0 Å². The zero-order chi connectivity index (χ0) is 23.0. The first kappa shape index (κ1) is 22.3. The highest BCUT2D eigenvalue weighted by Crippen LogP contribution is 2.34. The molecule has 32 heavy (non-hydrogen) atoms. The topological polar surface area (TPSA) is 49.6 Å². The van der Waals surface area contributed by atoms with Gasteiger partial charge in [0.2, 0.25) is 0 Å². The number of hydrogen-bond acceptors (Lipinski definition) is 3.